The fourth-order valence-electron chi connectivity index (χ4n) is 1.41. The van der Waals surface area contributed by atoms with Gasteiger partial charge in [0.2, 0.25) is 0 Å². The van der Waals surface area contributed by atoms with Crippen molar-refractivity contribution in [3.05, 3.63) is 68.8 Å². The van der Waals surface area contributed by atoms with Gasteiger partial charge in [-0.25, -0.2) is 8.78 Å². The monoisotopic (exact) mass is 344 g/mol. The lowest BCUT2D eigenvalue weighted by molar-refractivity contribution is 0.103. The van der Waals surface area contributed by atoms with Crippen LogP contribution in [0.3, 0.4) is 0 Å². The van der Waals surface area contributed by atoms with E-state index in [0.717, 1.165) is 15.7 Å². The first-order chi connectivity index (χ1) is 8.08. The van der Waals surface area contributed by atoms with Gasteiger partial charge in [0.1, 0.15) is 0 Å². The smallest absolute Gasteiger partial charge is 0.193 e. The first-order valence-corrected chi connectivity index (χ1v) is 5.91. The maximum Gasteiger partial charge on any atom is 0.193 e. The van der Waals surface area contributed by atoms with Crippen molar-refractivity contribution in [1.29, 1.82) is 0 Å². The fourth-order valence-corrected chi connectivity index (χ4v) is 1.76. The molecule has 0 radical (unpaired) electrons. The van der Waals surface area contributed by atoms with E-state index >= 15 is 0 Å². The highest BCUT2D eigenvalue weighted by Crippen LogP contribution is 2.14. The second-order valence-electron chi connectivity index (χ2n) is 3.46. The molecule has 0 saturated carbocycles. The highest BCUT2D eigenvalue weighted by molar-refractivity contribution is 14.1. The first kappa shape index (κ1) is 12.2. The third kappa shape index (κ3) is 2.69. The zero-order valence-corrected chi connectivity index (χ0v) is 10.7. The number of rotatable bonds is 2. The summed E-state index contributed by atoms with van der Waals surface area (Å²) in [5.74, 6) is -2.29. The molecule has 2 aromatic rings. The van der Waals surface area contributed by atoms with E-state index in [4.69, 9.17) is 0 Å². The summed E-state index contributed by atoms with van der Waals surface area (Å²) in [5, 5.41) is 0. The maximum atomic E-state index is 13.0. The van der Waals surface area contributed by atoms with Crippen LogP contribution >= 0.6 is 22.6 Å². The summed E-state index contributed by atoms with van der Waals surface area (Å²) >= 11 is 2.12. The van der Waals surface area contributed by atoms with Crippen molar-refractivity contribution in [1.82, 2.24) is 0 Å². The van der Waals surface area contributed by atoms with E-state index in [9.17, 15) is 13.6 Å². The molecule has 0 fully saturated rings. The topological polar surface area (TPSA) is 17.1 Å². The van der Waals surface area contributed by atoms with E-state index in [-0.39, 0.29) is 11.3 Å². The molecular weight excluding hydrogens is 337 g/mol. The molecule has 0 amide bonds. The zero-order chi connectivity index (χ0) is 12.4. The summed E-state index contributed by atoms with van der Waals surface area (Å²) in [4.78, 5) is 11.9. The molecule has 0 aliphatic rings. The van der Waals surface area contributed by atoms with Crippen LogP contribution in [0, 0.1) is 15.2 Å². The summed E-state index contributed by atoms with van der Waals surface area (Å²) in [6.45, 7) is 0. The highest BCUT2D eigenvalue weighted by Gasteiger charge is 2.11. The van der Waals surface area contributed by atoms with Crippen molar-refractivity contribution >= 4 is 28.4 Å². The minimum Gasteiger partial charge on any atom is -0.289 e. The van der Waals surface area contributed by atoms with Crippen molar-refractivity contribution in [3.8, 4) is 0 Å². The minimum absolute atomic E-state index is 0.144. The number of hydrogen-bond acceptors (Lipinski definition) is 1. The van der Waals surface area contributed by atoms with Gasteiger partial charge in [0, 0.05) is 14.7 Å². The molecule has 0 aromatic heterocycles. The van der Waals surface area contributed by atoms with Gasteiger partial charge in [-0.05, 0) is 65.1 Å². The van der Waals surface area contributed by atoms with Crippen LogP contribution in [0.25, 0.3) is 0 Å². The van der Waals surface area contributed by atoms with E-state index in [1.165, 1.54) is 6.07 Å². The van der Waals surface area contributed by atoms with Crippen LogP contribution < -0.4 is 0 Å². The average Bonchev–Trinajstić information content (AvgIpc) is 2.33. The van der Waals surface area contributed by atoms with E-state index in [1.54, 1.807) is 24.3 Å². The van der Waals surface area contributed by atoms with Gasteiger partial charge in [0.15, 0.2) is 17.4 Å². The van der Waals surface area contributed by atoms with Gasteiger partial charge < -0.3 is 0 Å². The van der Waals surface area contributed by atoms with Crippen LogP contribution in [0.5, 0.6) is 0 Å². The lowest BCUT2D eigenvalue weighted by atomic mass is 10.0. The molecule has 1 nitrogen and oxygen atoms in total. The normalized spacial score (nSPS) is 10.3. The molecule has 0 N–H and O–H groups in total. The van der Waals surface area contributed by atoms with Crippen molar-refractivity contribution in [2.24, 2.45) is 0 Å². The average molecular weight is 344 g/mol. The molecule has 2 aromatic carbocycles. The van der Waals surface area contributed by atoms with E-state index in [2.05, 4.69) is 22.6 Å². The number of carbonyl (C=O) groups is 1. The third-order valence-corrected chi connectivity index (χ3v) is 3.01. The SMILES string of the molecule is O=C(c1ccc(I)cc1)c1ccc(F)c(F)c1. The van der Waals surface area contributed by atoms with Gasteiger partial charge in [-0.1, -0.05) is 0 Å². The molecule has 0 bridgehead atoms. The van der Waals surface area contributed by atoms with Gasteiger partial charge in [-0.2, -0.15) is 0 Å². The van der Waals surface area contributed by atoms with Crippen molar-refractivity contribution in [3.63, 3.8) is 0 Å². The Labute approximate surface area is 111 Å². The first-order valence-electron chi connectivity index (χ1n) is 4.83. The second-order valence-corrected chi connectivity index (χ2v) is 4.71. The molecule has 4 heteroatoms. The molecule has 0 atom stereocenters. The molecule has 0 heterocycles. The van der Waals surface area contributed by atoms with Crippen LogP contribution in [0.1, 0.15) is 15.9 Å². The Morgan fingerprint density at radius 2 is 1.47 bits per heavy atom. The minimum atomic E-state index is -1.01. The highest BCUT2D eigenvalue weighted by atomic mass is 127. The van der Waals surface area contributed by atoms with E-state index < -0.39 is 11.6 Å². The lowest BCUT2D eigenvalue weighted by Gasteiger charge is -2.02. The number of halogens is 3. The quantitative estimate of drug-likeness (QED) is 0.598. The van der Waals surface area contributed by atoms with Gasteiger partial charge in [-0.15, -0.1) is 0 Å². The molecule has 0 aliphatic heterocycles. The van der Waals surface area contributed by atoms with Gasteiger partial charge in [-0.3, -0.25) is 4.79 Å². The Morgan fingerprint density at radius 3 is 2.06 bits per heavy atom. The number of hydrogen-bond donors (Lipinski definition) is 0. The van der Waals surface area contributed by atoms with Crippen LogP contribution in [0.15, 0.2) is 42.5 Å². The van der Waals surface area contributed by atoms with Crippen LogP contribution in [-0.2, 0) is 0 Å². The van der Waals surface area contributed by atoms with Crippen molar-refractivity contribution in [2.45, 2.75) is 0 Å². The predicted octanol–water partition coefficient (Wildman–Crippen LogP) is 3.80. The molecule has 0 spiro atoms. The Balaban J connectivity index is 2.37. The summed E-state index contributed by atoms with van der Waals surface area (Å²) in [7, 11) is 0. The Morgan fingerprint density at radius 1 is 0.882 bits per heavy atom. The van der Waals surface area contributed by atoms with Gasteiger partial charge in [0.25, 0.3) is 0 Å². The van der Waals surface area contributed by atoms with Gasteiger partial charge >= 0.3 is 0 Å². The summed E-state index contributed by atoms with van der Waals surface area (Å²) in [6.07, 6.45) is 0. The molecular formula is C13H7F2IO. The van der Waals surface area contributed by atoms with Crippen LogP contribution in [0.4, 0.5) is 8.78 Å². The summed E-state index contributed by atoms with van der Waals surface area (Å²) in [5.41, 5.74) is 0.599. The Bertz CT molecular complexity index is 564. The number of carbonyl (C=O) groups excluding carboxylic acids is 1. The maximum absolute atomic E-state index is 13.0. The van der Waals surface area contributed by atoms with Crippen LogP contribution in [-0.4, -0.2) is 5.78 Å². The standard InChI is InChI=1S/C13H7F2IO/c14-11-6-3-9(7-12(11)15)13(17)8-1-4-10(16)5-2-8/h1-7H. The summed E-state index contributed by atoms with van der Waals surface area (Å²) in [6, 6.07) is 10.0. The van der Waals surface area contributed by atoms with E-state index in [1.807, 2.05) is 0 Å². The lowest BCUT2D eigenvalue weighted by Crippen LogP contribution is -2.02. The molecule has 0 unspecified atom stereocenters. The van der Waals surface area contributed by atoms with Crippen LogP contribution in [0.2, 0.25) is 0 Å². The van der Waals surface area contributed by atoms with E-state index in [0.29, 0.717) is 5.56 Å². The summed E-state index contributed by atoms with van der Waals surface area (Å²) < 4.78 is 26.7. The Kier molecular flexibility index (Phi) is 3.51. The number of ketones is 1. The molecule has 86 valence electrons. The fraction of sp³-hybridized carbons (Fsp3) is 0. The predicted molar refractivity (Wildman–Crippen MR) is 68.9 cm³/mol. The third-order valence-electron chi connectivity index (χ3n) is 2.29. The van der Waals surface area contributed by atoms with Crippen molar-refractivity contribution < 1.29 is 13.6 Å². The molecule has 17 heavy (non-hydrogen) atoms. The molecule has 2 rings (SSSR count). The number of benzene rings is 2. The Hall–Kier alpha value is -1.30. The largest absolute Gasteiger partial charge is 0.289 e. The molecule has 0 aliphatic carbocycles. The van der Waals surface area contributed by atoms with Gasteiger partial charge in [0.05, 0.1) is 0 Å². The zero-order valence-electron chi connectivity index (χ0n) is 8.58. The second kappa shape index (κ2) is 4.91. The van der Waals surface area contributed by atoms with Crippen molar-refractivity contribution in [2.75, 3.05) is 0 Å². The molecule has 0 saturated heterocycles.